The summed E-state index contributed by atoms with van der Waals surface area (Å²) in [5.74, 6) is 1.63. The van der Waals surface area contributed by atoms with E-state index in [1.54, 1.807) is 0 Å². The van der Waals surface area contributed by atoms with E-state index < -0.39 is 0 Å². The molecule has 1 amide bonds. The van der Waals surface area contributed by atoms with Gasteiger partial charge in [-0.2, -0.15) is 0 Å². The molecule has 2 rings (SSSR count). The Hall–Kier alpha value is -0.900. The number of rotatable bonds is 6. The summed E-state index contributed by atoms with van der Waals surface area (Å²) in [6, 6.07) is 0. The number of carbonyl (C=O) groups excluding carboxylic acids is 1. The van der Waals surface area contributed by atoms with Crippen LogP contribution in [-0.4, -0.2) is 10.9 Å². The van der Waals surface area contributed by atoms with Crippen molar-refractivity contribution in [1.29, 1.82) is 0 Å². The van der Waals surface area contributed by atoms with Crippen molar-refractivity contribution in [3.63, 3.8) is 0 Å². The van der Waals surface area contributed by atoms with Crippen LogP contribution in [0.25, 0.3) is 0 Å². The first-order chi connectivity index (χ1) is 10.1. The molecule has 0 unspecified atom stereocenters. The number of hydrogen-bond acceptors (Lipinski definition) is 3. The molecule has 1 aromatic rings. The number of anilines is 1. The highest BCUT2D eigenvalue weighted by Crippen LogP contribution is 2.33. The van der Waals surface area contributed by atoms with Gasteiger partial charge in [-0.25, -0.2) is 4.98 Å². The van der Waals surface area contributed by atoms with Crippen LogP contribution < -0.4 is 5.32 Å². The van der Waals surface area contributed by atoms with Crippen LogP contribution in [0.15, 0.2) is 5.38 Å². The van der Waals surface area contributed by atoms with E-state index in [2.05, 4.69) is 31.1 Å². The number of hydrogen-bond donors (Lipinski definition) is 1. The van der Waals surface area contributed by atoms with Gasteiger partial charge in [0.1, 0.15) is 0 Å². The van der Waals surface area contributed by atoms with E-state index in [0.29, 0.717) is 5.92 Å². The number of nitrogens with one attached hydrogen (secondary N) is 1. The minimum absolute atomic E-state index is 0.175. The molecule has 1 aliphatic rings. The molecule has 0 bridgehead atoms. The van der Waals surface area contributed by atoms with Crippen LogP contribution >= 0.6 is 11.3 Å². The van der Waals surface area contributed by atoms with Gasteiger partial charge in [-0.1, -0.05) is 40.0 Å². The number of thiazole rings is 1. The highest BCUT2D eigenvalue weighted by atomic mass is 32.1. The molecule has 3 nitrogen and oxygen atoms in total. The maximum Gasteiger partial charge on any atom is 0.229 e. The van der Waals surface area contributed by atoms with Crippen molar-refractivity contribution in [3.05, 3.63) is 11.1 Å². The minimum atomic E-state index is 0.175. The second kappa shape index (κ2) is 7.92. The quantitative estimate of drug-likeness (QED) is 0.784. The normalized spacial score (nSPS) is 22.5. The van der Waals surface area contributed by atoms with Gasteiger partial charge in [0.15, 0.2) is 5.13 Å². The molecule has 1 saturated carbocycles. The molecule has 1 N–H and O–H groups in total. The van der Waals surface area contributed by atoms with Gasteiger partial charge in [-0.3, -0.25) is 4.79 Å². The van der Waals surface area contributed by atoms with Gasteiger partial charge in [0, 0.05) is 11.3 Å². The van der Waals surface area contributed by atoms with Gasteiger partial charge < -0.3 is 5.32 Å². The van der Waals surface area contributed by atoms with Gasteiger partial charge in [0.05, 0.1) is 5.69 Å². The third kappa shape index (κ3) is 4.80. The zero-order chi connectivity index (χ0) is 15.2. The smallest absolute Gasteiger partial charge is 0.229 e. The van der Waals surface area contributed by atoms with Crippen LogP contribution in [0, 0.1) is 11.8 Å². The molecular weight excluding hydrogens is 280 g/mol. The van der Waals surface area contributed by atoms with Crippen LogP contribution in [0.2, 0.25) is 0 Å². The predicted octanol–water partition coefficient (Wildman–Crippen LogP) is 5.20. The first kappa shape index (κ1) is 16.5. The summed E-state index contributed by atoms with van der Waals surface area (Å²) >= 11 is 1.54. The van der Waals surface area contributed by atoms with Gasteiger partial charge >= 0.3 is 0 Å². The summed E-state index contributed by atoms with van der Waals surface area (Å²) in [6.45, 7) is 6.50. The fourth-order valence-electron chi connectivity index (χ4n) is 3.02. The Bertz CT molecular complexity index is 447. The van der Waals surface area contributed by atoms with Gasteiger partial charge in [-0.05, 0) is 37.5 Å². The number of nitrogens with zero attached hydrogens (tertiary/aromatic N) is 1. The highest BCUT2D eigenvalue weighted by molar-refractivity contribution is 7.13. The lowest BCUT2D eigenvalue weighted by atomic mass is 9.79. The molecule has 1 heterocycles. The molecule has 118 valence electrons. The molecule has 1 aliphatic carbocycles. The van der Waals surface area contributed by atoms with E-state index in [1.165, 1.54) is 43.4 Å². The summed E-state index contributed by atoms with van der Waals surface area (Å²) in [5.41, 5.74) is 1.07. The number of unbranched alkanes of at least 4 members (excludes halogenated alkanes) is 1. The number of carbonyl (C=O) groups is 1. The molecule has 0 radical (unpaired) electrons. The Balaban J connectivity index is 1.79. The lowest BCUT2D eigenvalue weighted by Crippen LogP contribution is -2.27. The maximum atomic E-state index is 12.3. The molecule has 1 fully saturated rings. The summed E-state index contributed by atoms with van der Waals surface area (Å²) in [4.78, 5) is 16.8. The van der Waals surface area contributed by atoms with E-state index in [9.17, 15) is 4.79 Å². The fraction of sp³-hybridized carbons (Fsp3) is 0.765. The second-order valence-electron chi connectivity index (χ2n) is 6.58. The Kier molecular flexibility index (Phi) is 6.22. The van der Waals surface area contributed by atoms with E-state index in [-0.39, 0.29) is 11.8 Å². The zero-order valence-electron chi connectivity index (χ0n) is 13.5. The van der Waals surface area contributed by atoms with Crippen molar-refractivity contribution in [2.45, 2.75) is 71.6 Å². The maximum absolute atomic E-state index is 12.3. The average Bonchev–Trinajstić information content (AvgIpc) is 2.94. The molecular formula is C17H28N2OS. The molecule has 21 heavy (non-hydrogen) atoms. The Morgan fingerprint density at radius 2 is 2.10 bits per heavy atom. The average molecular weight is 308 g/mol. The van der Waals surface area contributed by atoms with Crippen LogP contribution in [0.3, 0.4) is 0 Å². The number of amides is 1. The second-order valence-corrected chi connectivity index (χ2v) is 7.44. The Morgan fingerprint density at radius 1 is 1.38 bits per heavy atom. The van der Waals surface area contributed by atoms with Gasteiger partial charge in [0.2, 0.25) is 5.91 Å². The summed E-state index contributed by atoms with van der Waals surface area (Å²) in [7, 11) is 0. The van der Waals surface area contributed by atoms with Crippen LogP contribution in [0.1, 0.15) is 77.3 Å². The fourth-order valence-corrected chi connectivity index (χ4v) is 3.90. The van der Waals surface area contributed by atoms with E-state index in [4.69, 9.17) is 0 Å². The van der Waals surface area contributed by atoms with Crippen molar-refractivity contribution in [3.8, 4) is 0 Å². The van der Waals surface area contributed by atoms with Crippen molar-refractivity contribution in [2.75, 3.05) is 5.32 Å². The summed E-state index contributed by atoms with van der Waals surface area (Å²) < 4.78 is 0. The summed E-state index contributed by atoms with van der Waals surface area (Å²) in [5, 5.41) is 5.82. The topological polar surface area (TPSA) is 42.0 Å². The minimum Gasteiger partial charge on any atom is -0.302 e. The van der Waals surface area contributed by atoms with Crippen molar-refractivity contribution >= 4 is 22.4 Å². The monoisotopic (exact) mass is 308 g/mol. The SMILES string of the molecule is CCCCC1CCC(C(=O)Nc2nc(C(C)C)cs2)CC1. The Morgan fingerprint density at radius 3 is 2.67 bits per heavy atom. The molecule has 0 spiro atoms. The highest BCUT2D eigenvalue weighted by Gasteiger charge is 2.26. The third-order valence-electron chi connectivity index (χ3n) is 4.53. The van der Waals surface area contributed by atoms with Crippen LogP contribution in [0.4, 0.5) is 5.13 Å². The molecule has 0 aromatic carbocycles. The lowest BCUT2D eigenvalue weighted by Gasteiger charge is -2.27. The van der Waals surface area contributed by atoms with E-state index in [0.717, 1.165) is 29.6 Å². The summed E-state index contributed by atoms with van der Waals surface area (Å²) in [6.07, 6.45) is 8.47. The molecule has 0 atom stereocenters. The van der Waals surface area contributed by atoms with Crippen molar-refractivity contribution in [1.82, 2.24) is 4.98 Å². The largest absolute Gasteiger partial charge is 0.302 e. The molecule has 0 saturated heterocycles. The Labute approximate surface area is 132 Å². The molecule has 0 aliphatic heterocycles. The number of aromatic nitrogens is 1. The predicted molar refractivity (Wildman–Crippen MR) is 89.8 cm³/mol. The van der Waals surface area contributed by atoms with Crippen molar-refractivity contribution < 1.29 is 4.79 Å². The van der Waals surface area contributed by atoms with Gasteiger partial charge in [-0.15, -0.1) is 11.3 Å². The van der Waals surface area contributed by atoms with E-state index in [1.807, 2.05) is 5.38 Å². The van der Waals surface area contributed by atoms with Gasteiger partial charge in [0.25, 0.3) is 0 Å². The molecule has 1 aromatic heterocycles. The standard InChI is InChI=1S/C17H28N2OS/c1-4-5-6-13-7-9-14(10-8-13)16(20)19-17-18-15(11-21-17)12(2)3/h11-14H,4-10H2,1-3H3,(H,18,19,20). The first-order valence-electron chi connectivity index (χ1n) is 8.36. The zero-order valence-corrected chi connectivity index (χ0v) is 14.3. The third-order valence-corrected chi connectivity index (χ3v) is 5.30. The first-order valence-corrected chi connectivity index (χ1v) is 9.24. The van der Waals surface area contributed by atoms with E-state index >= 15 is 0 Å². The molecule has 4 heteroatoms. The van der Waals surface area contributed by atoms with Crippen LogP contribution in [0.5, 0.6) is 0 Å². The lowest BCUT2D eigenvalue weighted by molar-refractivity contribution is -0.121. The van der Waals surface area contributed by atoms with Crippen LogP contribution in [-0.2, 0) is 4.79 Å². The van der Waals surface area contributed by atoms with Crippen molar-refractivity contribution in [2.24, 2.45) is 11.8 Å².